The summed E-state index contributed by atoms with van der Waals surface area (Å²) in [6.45, 7) is 3.74. The molecule has 0 aliphatic heterocycles. The quantitative estimate of drug-likeness (QED) is 0.634. The van der Waals surface area contributed by atoms with Crippen LogP contribution in [0, 0.1) is 13.8 Å². The highest BCUT2D eigenvalue weighted by Crippen LogP contribution is 2.25. The van der Waals surface area contributed by atoms with E-state index in [1.165, 1.54) is 17.1 Å². The first-order valence-corrected chi connectivity index (χ1v) is 9.03. The highest BCUT2D eigenvalue weighted by Gasteiger charge is 2.17. The monoisotopic (exact) mass is 421 g/mol. The number of halogens is 2. The van der Waals surface area contributed by atoms with E-state index < -0.39 is 11.9 Å². The van der Waals surface area contributed by atoms with Crippen molar-refractivity contribution in [3.63, 3.8) is 0 Å². The fourth-order valence-corrected chi connectivity index (χ4v) is 3.20. The van der Waals surface area contributed by atoms with E-state index in [0.29, 0.717) is 28.0 Å². The predicted octanol–water partition coefficient (Wildman–Crippen LogP) is 3.39. The van der Waals surface area contributed by atoms with Gasteiger partial charge in [0, 0.05) is 16.2 Å². The number of aliphatic carboxylic acids is 1. The summed E-state index contributed by atoms with van der Waals surface area (Å²) in [5.41, 5.74) is 3.10. The van der Waals surface area contributed by atoms with Crippen LogP contribution < -0.4 is 5.32 Å². The number of aromatic nitrogens is 4. The number of hydrogen-bond acceptors (Lipinski definition) is 4. The molecule has 2 heterocycles. The van der Waals surface area contributed by atoms with E-state index in [1.54, 1.807) is 23.7 Å². The van der Waals surface area contributed by atoms with Crippen LogP contribution in [0.25, 0.3) is 0 Å². The minimum atomic E-state index is -1.04. The van der Waals surface area contributed by atoms with Crippen molar-refractivity contribution in [2.75, 3.05) is 5.32 Å². The van der Waals surface area contributed by atoms with Gasteiger partial charge in [0.1, 0.15) is 6.54 Å². The van der Waals surface area contributed by atoms with Crippen LogP contribution in [0.15, 0.2) is 30.6 Å². The Hall–Kier alpha value is -2.84. The van der Waals surface area contributed by atoms with E-state index in [4.69, 9.17) is 28.3 Å². The summed E-state index contributed by atoms with van der Waals surface area (Å²) < 4.78 is 2.93. The van der Waals surface area contributed by atoms with Crippen LogP contribution in [0.5, 0.6) is 0 Å². The van der Waals surface area contributed by atoms with Crippen molar-refractivity contribution in [2.45, 2.75) is 26.9 Å². The molecule has 8 nitrogen and oxygen atoms in total. The van der Waals surface area contributed by atoms with Crippen LogP contribution in [0.2, 0.25) is 10.0 Å². The molecule has 1 amide bonds. The van der Waals surface area contributed by atoms with Gasteiger partial charge in [0.2, 0.25) is 0 Å². The summed E-state index contributed by atoms with van der Waals surface area (Å²) >= 11 is 12.2. The Labute approximate surface area is 170 Å². The molecule has 3 aromatic rings. The lowest BCUT2D eigenvalue weighted by atomic mass is 10.2. The van der Waals surface area contributed by atoms with Crippen LogP contribution in [0.4, 0.5) is 5.69 Å². The summed E-state index contributed by atoms with van der Waals surface area (Å²) in [5, 5.41) is 21.0. The van der Waals surface area contributed by atoms with Crippen molar-refractivity contribution >= 4 is 40.8 Å². The third-order valence-electron chi connectivity index (χ3n) is 4.15. The SMILES string of the molecule is Cc1nn(Cc2ccc(Cl)cc2Cl)c(C)c1NC(=O)c1cnn(CC(=O)O)c1. The average molecular weight is 422 g/mol. The van der Waals surface area contributed by atoms with Crippen LogP contribution in [-0.4, -0.2) is 36.5 Å². The summed E-state index contributed by atoms with van der Waals surface area (Å²) in [5.74, 6) is -1.43. The number of benzene rings is 1. The Morgan fingerprint density at radius 1 is 1.25 bits per heavy atom. The Kier molecular flexibility index (Phi) is 5.71. The number of nitrogens with one attached hydrogen (secondary N) is 1. The van der Waals surface area contributed by atoms with Crippen molar-refractivity contribution in [3.8, 4) is 0 Å². The molecule has 0 bridgehead atoms. The molecule has 0 radical (unpaired) electrons. The standard InChI is InChI=1S/C18H17Cl2N5O3/c1-10-17(22-18(28)13-6-21-24(7-13)9-16(26)27)11(2)25(23-10)8-12-3-4-14(19)5-15(12)20/h3-7H,8-9H2,1-2H3,(H,22,28)(H,26,27). The van der Waals surface area contributed by atoms with Gasteiger partial charge in [-0.2, -0.15) is 10.2 Å². The number of amides is 1. The van der Waals surface area contributed by atoms with Crippen LogP contribution >= 0.6 is 23.2 Å². The number of aryl methyl sites for hydroxylation is 1. The third-order valence-corrected chi connectivity index (χ3v) is 4.73. The first-order chi connectivity index (χ1) is 13.2. The highest BCUT2D eigenvalue weighted by molar-refractivity contribution is 6.35. The number of rotatable bonds is 6. The Bertz CT molecular complexity index is 1060. The normalized spacial score (nSPS) is 10.9. The largest absolute Gasteiger partial charge is 0.480 e. The predicted molar refractivity (Wildman–Crippen MR) is 105 cm³/mol. The fourth-order valence-electron chi connectivity index (χ4n) is 2.73. The lowest BCUT2D eigenvalue weighted by Gasteiger charge is -2.08. The first-order valence-electron chi connectivity index (χ1n) is 8.28. The van der Waals surface area contributed by atoms with Crippen LogP contribution in [0.1, 0.15) is 27.3 Å². The van der Waals surface area contributed by atoms with Crippen LogP contribution in [0.3, 0.4) is 0 Å². The highest BCUT2D eigenvalue weighted by atomic mass is 35.5. The van der Waals surface area contributed by atoms with Gasteiger partial charge < -0.3 is 10.4 Å². The topological polar surface area (TPSA) is 102 Å². The molecule has 2 N–H and O–H groups in total. The number of anilines is 1. The zero-order valence-electron chi connectivity index (χ0n) is 15.1. The third kappa shape index (κ3) is 4.35. The summed E-state index contributed by atoms with van der Waals surface area (Å²) in [7, 11) is 0. The molecule has 0 atom stereocenters. The molecule has 0 saturated heterocycles. The molecule has 1 aromatic carbocycles. The second-order valence-corrected chi connectivity index (χ2v) is 7.06. The van der Waals surface area contributed by atoms with E-state index in [0.717, 1.165) is 11.3 Å². The second-order valence-electron chi connectivity index (χ2n) is 6.21. The summed E-state index contributed by atoms with van der Waals surface area (Å²) in [6.07, 6.45) is 2.70. The van der Waals surface area contributed by atoms with E-state index in [1.807, 2.05) is 13.0 Å². The van der Waals surface area contributed by atoms with Gasteiger partial charge in [0.05, 0.1) is 35.4 Å². The summed E-state index contributed by atoms with van der Waals surface area (Å²) in [4.78, 5) is 23.2. The number of nitrogens with zero attached hydrogens (tertiary/aromatic N) is 4. The number of carbonyl (C=O) groups is 2. The molecule has 2 aromatic heterocycles. The zero-order chi connectivity index (χ0) is 20.4. The first kappa shape index (κ1) is 19.9. The van der Waals surface area contributed by atoms with E-state index in [-0.39, 0.29) is 12.1 Å². The molecule has 3 rings (SSSR count). The maximum atomic E-state index is 12.5. The molecule has 0 spiro atoms. The maximum absolute atomic E-state index is 12.5. The van der Waals surface area contributed by atoms with Gasteiger partial charge in [0.25, 0.3) is 5.91 Å². The Morgan fingerprint density at radius 2 is 2.00 bits per heavy atom. The molecule has 0 unspecified atom stereocenters. The number of carbonyl (C=O) groups excluding carboxylic acids is 1. The van der Waals surface area contributed by atoms with Gasteiger partial charge in [-0.05, 0) is 31.5 Å². The number of hydrogen-bond donors (Lipinski definition) is 2. The second kappa shape index (κ2) is 8.04. The van der Waals surface area contributed by atoms with Gasteiger partial charge in [-0.1, -0.05) is 29.3 Å². The molecule has 28 heavy (non-hydrogen) atoms. The molecule has 0 saturated carbocycles. The number of carboxylic acids is 1. The molecular formula is C18H17Cl2N5O3. The van der Waals surface area contributed by atoms with Crippen molar-refractivity contribution in [3.05, 3.63) is 63.2 Å². The molecule has 146 valence electrons. The van der Waals surface area contributed by atoms with Crippen molar-refractivity contribution < 1.29 is 14.7 Å². The summed E-state index contributed by atoms with van der Waals surface area (Å²) in [6, 6.07) is 5.25. The van der Waals surface area contributed by atoms with Crippen molar-refractivity contribution in [2.24, 2.45) is 0 Å². The average Bonchev–Trinajstić information content (AvgIpc) is 3.17. The lowest BCUT2D eigenvalue weighted by molar-refractivity contribution is -0.137. The minimum absolute atomic E-state index is 0.258. The zero-order valence-corrected chi connectivity index (χ0v) is 16.6. The van der Waals surface area contributed by atoms with Gasteiger partial charge >= 0.3 is 5.97 Å². The molecule has 0 aliphatic carbocycles. The van der Waals surface area contributed by atoms with Gasteiger partial charge in [-0.3, -0.25) is 19.0 Å². The fraction of sp³-hybridized carbons (Fsp3) is 0.222. The minimum Gasteiger partial charge on any atom is -0.480 e. The molecule has 0 fully saturated rings. The van der Waals surface area contributed by atoms with Gasteiger partial charge in [-0.15, -0.1) is 0 Å². The van der Waals surface area contributed by atoms with E-state index in [2.05, 4.69) is 15.5 Å². The van der Waals surface area contributed by atoms with E-state index >= 15 is 0 Å². The molecular weight excluding hydrogens is 405 g/mol. The maximum Gasteiger partial charge on any atom is 0.325 e. The van der Waals surface area contributed by atoms with Crippen LogP contribution in [-0.2, 0) is 17.9 Å². The van der Waals surface area contributed by atoms with Gasteiger partial charge in [-0.25, -0.2) is 0 Å². The Morgan fingerprint density at radius 3 is 2.68 bits per heavy atom. The molecule has 0 aliphatic rings. The number of carboxylic acid groups (broad SMARTS) is 1. The Balaban J connectivity index is 1.78. The van der Waals surface area contributed by atoms with Crippen molar-refractivity contribution in [1.82, 2.24) is 19.6 Å². The lowest BCUT2D eigenvalue weighted by Crippen LogP contribution is -2.13. The smallest absolute Gasteiger partial charge is 0.325 e. The molecule has 10 heteroatoms. The van der Waals surface area contributed by atoms with Crippen molar-refractivity contribution in [1.29, 1.82) is 0 Å². The van der Waals surface area contributed by atoms with Gasteiger partial charge in [0.15, 0.2) is 0 Å². The van der Waals surface area contributed by atoms with E-state index in [9.17, 15) is 9.59 Å².